The summed E-state index contributed by atoms with van der Waals surface area (Å²) in [5, 5.41) is 2.37. The van der Waals surface area contributed by atoms with Crippen LogP contribution in [-0.2, 0) is 54.0 Å². The van der Waals surface area contributed by atoms with E-state index in [2.05, 4.69) is 182 Å². The first-order valence-corrected chi connectivity index (χ1v) is 23.4. The molecule has 3 aliphatic rings. The number of nitrogens with zero attached hydrogens (tertiary/aromatic N) is 3. The Morgan fingerprint density at radius 1 is 0.758 bits per heavy atom. The van der Waals surface area contributed by atoms with Gasteiger partial charge in [0, 0.05) is 36.8 Å². The molecule has 0 radical (unpaired) electrons. The molecule has 1 aliphatic carbocycles. The molecule has 0 saturated carbocycles. The van der Waals surface area contributed by atoms with E-state index in [1.807, 2.05) is 13.1 Å². The SMILES string of the molecule is [2H]C1([2H])C[C@@]2(C)N=C(c3[c-]c(Oc4[c-]c5c(cc4C)C(C)(C)c4cc(C(C)(C)C)cc6c7c(C)ccnc7n-5c46)cc(-c4c(C)cc(C)cc4C)c3)O[C@@]2(C)c2cc(C)c(C(C)(C)C)c(C)c21.[Pt+2]. The molecule has 342 valence electrons. The van der Waals surface area contributed by atoms with Crippen LogP contribution in [0.15, 0.2) is 65.8 Å². The minimum Gasteiger partial charge on any atom is -0.508 e. The second kappa shape index (κ2) is 15.0. The maximum atomic E-state index is 9.60. The van der Waals surface area contributed by atoms with E-state index < -0.39 is 17.5 Å². The van der Waals surface area contributed by atoms with Crippen molar-refractivity contribution in [1.82, 2.24) is 9.55 Å². The van der Waals surface area contributed by atoms with Gasteiger partial charge in [-0.1, -0.05) is 121 Å². The number of hydrogen-bond acceptors (Lipinski definition) is 4. The van der Waals surface area contributed by atoms with E-state index in [0.717, 1.165) is 66.8 Å². The number of pyridine rings is 1. The number of ether oxygens (including phenoxy) is 2. The van der Waals surface area contributed by atoms with Gasteiger partial charge in [0.05, 0.1) is 11.1 Å². The molecule has 5 aromatic carbocycles. The Labute approximate surface area is 410 Å². The van der Waals surface area contributed by atoms with Crippen LogP contribution in [0.3, 0.4) is 0 Å². The second-order valence-electron chi connectivity index (χ2n) is 22.6. The predicted molar refractivity (Wildman–Crippen MR) is 269 cm³/mol. The van der Waals surface area contributed by atoms with Crippen molar-refractivity contribution >= 4 is 27.8 Å². The average Bonchev–Trinajstić information content (AvgIpc) is 3.67. The van der Waals surface area contributed by atoms with Crippen molar-refractivity contribution in [1.29, 1.82) is 0 Å². The quantitative estimate of drug-likeness (QED) is 0.165. The largest absolute Gasteiger partial charge is 2.00 e. The summed E-state index contributed by atoms with van der Waals surface area (Å²) >= 11 is 0. The molecule has 2 aromatic heterocycles. The molecule has 4 heterocycles. The first kappa shape index (κ1) is 43.6. The van der Waals surface area contributed by atoms with Gasteiger partial charge in [0.15, 0.2) is 0 Å². The van der Waals surface area contributed by atoms with Crippen LogP contribution >= 0.6 is 0 Å². The molecule has 0 fully saturated rings. The van der Waals surface area contributed by atoms with Gasteiger partial charge in [-0.05, 0) is 152 Å². The molecule has 7 aromatic rings. The van der Waals surface area contributed by atoms with E-state index in [1.54, 1.807) is 0 Å². The zero-order chi connectivity index (χ0) is 48.5. The van der Waals surface area contributed by atoms with Crippen LogP contribution in [-0.4, -0.2) is 21.0 Å². The maximum absolute atomic E-state index is 9.60. The molecule has 0 bridgehead atoms. The number of fused-ring (bicyclic) bond motifs is 8. The fraction of sp³-hybridized carbons (Fsp3) is 0.400. The Bertz CT molecular complexity index is 3340. The third kappa shape index (κ3) is 6.71. The Morgan fingerprint density at radius 3 is 2.11 bits per heavy atom. The summed E-state index contributed by atoms with van der Waals surface area (Å²) in [5.41, 5.74) is 17.7. The van der Waals surface area contributed by atoms with Crippen molar-refractivity contribution < 1.29 is 33.3 Å². The molecular formula is C60H65N3O2Pt. The molecule has 66 heavy (non-hydrogen) atoms. The first-order chi connectivity index (χ1) is 31.1. The number of benzene rings is 5. The Morgan fingerprint density at radius 2 is 1.44 bits per heavy atom. The van der Waals surface area contributed by atoms with Gasteiger partial charge in [-0.3, -0.25) is 4.99 Å². The summed E-state index contributed by atoms with van der Waals surface area (Å²) in [6.45, 7) is 37.2. The zero-order valence-corrected chi connectivity index (χ0v) is 44.2. The van der Waals surface area contributed by atoms with Gasteiger partial charge in [-0.25, -0.2) is 4.98 Å². The van der Waals surface area contributed by atoms with Gasteiger partial charge in [0.25, 0.3) is 0 Å². The molecule has 2 aliphatic heterocycles. The summed E-state index contributed by atoms with van der Waals surface area (Å²) < 4.78 is 35.8. The van der Waals surface area contributed by atoms with Crippen LogP contribution in [0.1, 0.15) is 156 Å². The minimum atomic E-state index is -1.63. The Kier molecular flexibility index (Phi) is 9.91. The smallest absolute Gasteiger partial charge is 0.508 e. The molecule has 0 spiro atoms. The predicted octanol–water partition coefficient (Wildman–Crippen LogP) is 15.0. The van der Waals surface area contributed by atoms with Crippen molar-refractivity contribution in [3.63, 3.8) is 0 Å². The standard InChI is InChI=1S/C60H65N3O2.Pt/c1-32-22-35(4)50(36(5)23-32)39-26-40(55-62-59(16)20-18-43-38(7)52(57(11,12)13)37(6)25-45(43)60(59,17)65-55)28-42(27-39)64-49-31-48-46(24-34(49)3)58(14,15)47-30-41(56(8,9)10)29-44-51-33(2)19-21-61-54(51)63(48)53(44)47;/h19,21-27,29-30H,18,20H2,1-17H3;/q-2;+2/t59-,60+;/m1./s1/i18D2;. The molecule has 0 N–H and O–H groups in total. The average molecular weight is 1060 g/mol. The topological polar surface area (TPSA) is 48.6 Å². The molecular weight excluding hydrogens is 990 g/mol. The maximum Gasteiger partial charge on any atom is 2.00 e. The third-order valence-electron chi connectivity index (χ3n) is 15.2. The monoisotopic (exact) mass is 1060 g/mol. The van der Waals surface area contributed by atoms with Gasteiger partial charge >= 0.3 is 21.1 Å². The van der Waals surface area contributed by atoms with Crippen molar-refractivity contribution in [2.75, 3.05) is 0 Å². The zero-order valence-electron chi connectivity index (χ0n) is 44.0. The minimum absolute atomic E-state index is 0. The molecule has 2 atom stereocenters. The van der Waals surface area contributed by atoms with Gasteiger partial charge in [-0.15, -0.1) is 23.3 Å². The second-order valence-corrected chi connectivity index (χ2v) is 22.6. The van der Waals surface area contributed by atoms with Crippen LogP contribution < -0.4 is 4.74 Å². The van der Waals surface area contributed by atoms with E-state index in [0.29, 0.717) is 23.0 Å². The summed E-state index contributed by atoms with van der Waals surface area (Å²) in [7, 11) is 0. The fourth-order valence-electron chi connectivity index (χ4n) is 11.8. The number of aliphatic imine (C=N–C) groups is 1. The summed E-state index contributed by atoms with van der Waals surface area (Å²) in [4.78, 5) is 10.4. The van der Waals surface area contributed by atoms with Gasteiger partial charge in [-0.2, -0.15) is 6.07 Å². The van der Waals surface area contributed by atoms with E-state index in [4.69, 9.17) is 19.5 Å². The van der Waals surface area contributed by atoms with Crippen molar-refractivity contribution in [2.45, 2.75) is 158 Å². The molecule has 0 amide bonds. The van der Waals surface area contributed by atoms with Gasteiger partial charge < -0.3 is 14.0 Å². The molecule has 0 saturated heterocycles. The van der Waals surface area contributed by atoms with Gasteiger partial charge in [0.1, 0.15) is 17.1 Å². The van der Waals surface area contributed by atoms with Crippen LogP contribution in [0.5, 0.6) is 11.5 Å². The van der Waals surface area contributed by atoms with E-state index in [1.165, 1.54) is 44.3 Å². The van der Waals surface area contributed by atoms with Crippen molar-refractivity contribution in [2.24, 2.45) is 4.99 Å². The third-order valence-corrected chi connectivity index (χ3v) is 15.2. The van der Waals surface area contributed by atoms with Crippen molar-refractivity contribution in [3.05, 3.63) is 151 Å². The molecule has 0 unspecified atom stereocenters. The van der Waals surface area contributed by atoms with Crippen LogP contribution in [0.25, 0.3) is 38.8 Å². The number of rotatable bonds is 4. The first-order valence-electron chi connectivity index (χ1n) is 24.4. The molecule has 5 nitrogen and oxygen atoms in total. The van der Waals surface area contributed by atoms with E-state index >= 15 is 0 Å². The Balaban J connectivity index is 0.00000578. The number of aryl methyl sites for hydroxylation is 6. The normalized spacial score (nSPS) is 20.7. The fourth-order valence-corrected chi connectivity index (χ4v) is 11.8. The summed E-state index contributed by atoms with van der Waals surface area (Å²) in [5.74, 6) is 1.55. The van der Waals surface area contributed by atoms with Crippen molar-refractivity contribution in [3.8, 4) is 28.3 Å². The summed E-state index contributed by atoms with van der Waals surface area (Å²) in [6.07, 6.45) is 0.458. The van der Waals surface area contributed by atoms with E-state index in [-0.39, 0.29) is 43.7 Å². The van der Waals surface area contributed by atoms with Crippen LogP contribution in [0, 0.1) is 60.6 Å². The number of hydrogen-bond donors (Lipinski definition) is 0. The van der Waals surface area contributed by atoms with Gasteiger partial charge in [0.2, 0.25) is 0 Å². The molecule has 6 heteroatoms. The van der Waals surface area contributed by atoms with E-state index in [9.17, 15) is 2.74 Å². The number of aromatic nitrogens is 2. The van der Waals surface area contributed by atoms with Crippen LogP contribution in [0.4, 0.5) is 0 Å². The summed E-state index contributed by atoms with van der Waals surface area (Å²) in [6, 6.07) is 27.4. The molecule has 10 rings (SSSR count). The Hall–Kier alpha value is -4.99. The van der Waals surface area contributed by atoms with Crippen LogP contribution in [0.2, 0.25) is 0 Å².